The van der Waals surface area contributed by atoms with Crippen LogP contribution in [0.25, 0.3) is 0 Å². The van der Waals surface area contributed by atoms with Crippen molar-refractivity contribution in [1.82, 2.24) is 4.98 Å². The lowest BCUT2D eigenvalue weighted by Crippen LogP contribution is -2.25. The Hall–Kier alpha value is -2.34. The number of oxime groups is 1. The molecule has 1 amide bonds. The zero-order valence-electron chi connectivity index (χ0n) is 17.5. The van der Waals surface area contributed by atoms with Crippen LogP contribution in [0.15, 0.2) is 40.5 Å². The van der Waals surface area contributed by atoms with Crippen molar-refractivity contribution < 1.29 is 27.5 Å². The number of hydrogen-bond donors (Lipinski definition) is 1. The first kappa shape index (κ1) is 23.3. The Balaban J connectivity index is 1.83. The molecule has 0 saturated heterocycles. The van der Waals surface area contributed by atoms with Gasteiger partial charge in [0.1, 0.15) is 6.10 Å². The molecule has 1 aromatic heterocycles. The number of amides is 1. The molecule has 1 atom stereocenters. The van der Waals surface area contributed by atoms with E-state index in [4.69, 9.17) is 14.3 Å². The third-order valence-corrected chi connectivity index (χ3v) is 7.59. The summed E-state index contributed by atoms with van der Waals surface area (Å²) in [6.07, 6.45) is 2.61. The SMILES string of the molecule is COCc1cnc(NC(=O)/C(=N/O[C@H](C)COC)c2ccc(S(=O)(=O)C3CC3)cc2)s1. The molecular formula is C20H25N3O6S2. The minimum absolute atomic E-state index is 0.00168. The molecule has 11 heteroatoms. The maximum atomic E-state index is 12.9. The molecule has 1 N–H and O–H groups in total. The lowest BCUT2D eigenvalue weighted by Gasteiger charge is -2.11. The van der Waals surface area contributed by atoms with E-state index in [9.17, 15) is 13.2 Å². The summed E-state index contributed by atoms with van der Waals surface area (Å²) in [7, 11) is -0.206. The molecule has 1 aliphatic rings. The van der Waals surface area contributed by atoms with Crippen LogP contribution in [0.3, 0.4) is 0 Å². The summed E-state index contributed by atoms with van der Waals surface area (Å²) in [6.45, 7) is 2.44. The first-order valence-corrected chi connectivity index (χ1v) is 12.0. The fraction of sp³-hybridized carbons (Fsp3) is 0.450. The predicted octanol–water partition coefficient (Wildman–Crippen LogP) is 2.62. The Bertz CT molecular complexity index is 1030. The van der Waals surface area contributed by atoms with E-state index in [1.807, 2.05) is 0 Å². The first-order chi connectivity index (χ1) is 14.8. The highest BCUT2D eigenvalue weighted by Gasteiger charge is 2.36. The summed E-state index contributed by atoms with van der Waals surface area (Å²) >= 11 is 1.28. The van der Waals surface area contributed by atoms with Gasteiger partial charge in [-0.1, -0.05) is 28.6 Å². The molecule has 1 saturated carbocycles. The van der Waals surface area contributed by atoms with Gasteiger partial charge in [0.05, 0.1) is 28.2 Å². The first-order valence-electron chi connectivity index (χ1n) is 9.67. The number of aromatic nitrogens is 1. The summed E-state index contributed by atoms with van der Waals surface area (Å²) in [4.78, 5) is 23.6. The Morgan fingerprint density at radius 3 is 2.58 bits per heavy atom. The van der Waals surface area contributed by atoms with Crippen molar-refractivity contribution in [3.63, 3.8) is 0 Å². The van der Waals surface area contributed by atoms with Crippen LogP contribution >= 0.6 is 11.3 Å². The number of nitrogens with zero attached hydrogens (tertiary/aromatic N) is 2. The van der Waals surface area contributed by atoms with E-state index >= 15 is 0 Å². The van der Waals surface area contributed by atoms with Crippen molar-refractivity contribution in [3.05, 3.63) is 40.9 Å². The summed E-state index contributed by atoms with van der Waals surface area (Å²) in [6, 6.07) is 6.08. The van der Waals surface area contributed by atoms with Crippen molar-refractivity contribution in [2.24, 2.45) is 5.16 Å². The maximum absolute atomic E-state index is 12.9. The summed E-state index contributed by atoms with van der Waals surface area (Å²) in [5.41, 5.74) is 0.423. The average molecular weight is 468 g/mol. The van der Waals surface area contributed by atoms with Gasteiger partial charge in [-0.3, -0.25) is 10.1 Å². The van der Waals surface area contributed by atoms with Crippen molar-refractivity contribution in [2.45, 2.75) is 42.6 Å². The minimum Gasteiger partial charge on any atom is -0.390 e. The Labute approximate surface area is 185 Å². The number of rotatable bonds is 11. The number of carbonyl (C=O) groups excluding carboxylic acids is 1. The second-order valence-electron chi connectivity index (χ2n) is 7.10. The van der Waals surface area contributed by atoms with Gasteiger partial charge < -0.3 is 14.3 Å². The maximum Gasteiger partial charge on any atom is 0.280 e. The van der Waals surface area contributed by atoms with Crippen molar-refractivity contribution >= 4 is 37.9 Å². The highest BCUT2D eigenvalue weighted by Crippen LogP contribution is 2.33. The molecule has 1 heterocycles. The van der Waals surface area contributed by atoms with Crippen LogP contribution in [-0.2, 0) is 35.5 Å². The van der Waals surface area contributed by atoms with Crippen LogP contribution in [0.2, 0.25) is 0 Å². The van der Waals surface area contributed by atoms with E-state index < -0.39 is 15.7 Å². The van der Waals surface area contributed by atoms with E-state index in [2.05, 4.69) is 15.5 Å². The van der Waals surface area contributed by atoms with Crippen LogP contribution in [0.5, 0.6) is 0 Å². The minimum atomic E-state index is -3.32. The monoisotopic (exact) mass is 467 g/mol. The van der Waals surface area contributed by atoms with Gasteiger partial charge in [0.25, 0.3) is 5.91 Å². The predicted molar refractivity (Wildman–Crippen MR) is 117 cm³/mol. The van der Waals surface area contributed by atoms with Crippen LogP contribution in [-0.4, -0.2) is 57.2 Å². The normalized spacial score (nSPS) is 15.5. The zero-order valence-corrected chi connectivity index (χ0v) is 19.2. The fourth-order valence-corrected chi connectivity index (χ4v) is 5.17. The Morgan fingerprint density at radius 2 is 1.97 bits per heavy atom. The van der Waals surface area contributed by atoms with Gasteiger partial charge in [-0.25, -0.2) is 13.4 Å². The molecule has 9 nitrogen and oxygen atoms in total. The van der Waals surface area contributed by atoms with E-state index in [0.717, 1.165) is 4.88 Å². The van der Waals surface area contributed by atoms with Gasteiger partial charge in [0, 0.05) is 26.0 Å². The molecule has 1 aliphatic carbocycles. The van der Waals surface area contributed by atoms with Gasteiger partial charge in [0.2, 0.25) is 0 Å². The number of thiazole rings is 1. The molecule has 1 fully saturated rings. The van der Waals surface area contributed by atoms with Gasteiger partial charge in [-0.2, -0.15) is 0 Å². The second kappa shape index (κ2) is 10.3. The summed E-state index contributed by atoms with van der Waals surface area (Å²) in [5, 5.41) is 6.80. The smallest absolute Gasteiger partial charge is 0.280 e. The van der Waals surface area contributed by atoms with Crippen LogP contribution in [0.4, 0.5) is 5.13 Å². The summed E-state index contributed by atoms with van der Waals surface area (Å²) < 4.78 is 34.9. The number of methoxy groups -OCH3 is 2. The van der Waals surface area contributed by atoms with Crippen LogP contribution < -0.4 is 5.32 Å². The molecule has 0 unspecified atom stereocenters. The lowest BCUT2D eigenvalue weighted by atomic mass is 10.1. The second-order valence-corrected chi connectivity index (χ2v) is 10.4. The topological polar surface area (TPSA) is 116 Å². The number of benzene rings is 1. The number of sulfone groups is 1. The molecule has 0 spiro atoms. The zero-order chi connectivity index (χ0) is 22.4. The van der Waals surface area contributed by atoms with Gasteiger partial charge >= 0.3 is 0 Å². The molecule has 1 aromatic carbocycles. The molecule has 31 heavy (non-hydrogen) atoms. The fourth-order valence-electron chi connectivity index (χ4n) is 2.74. The Kier molecular flexibility index (Phi) is 7.76. The molecular weight excluding hydrogens is 442 g/mol. The summed E-state index contributed by atoms with van der Waals surface area (Å²) in [5.74, 6) is -0.527. The van der Waals surface area contributed by atoms with Gasteiger partial charge in [-0.05, 0) is 31.9 Å². The molecule has 2 aromatic rings. The third kappa shape index (κ3) is 6.10. The van der Waals surface area contributed by atoms with Crippen molar-refractivity contribution in [2.75, 3.05) is 26.1 Å². The molecule has 0 radical (unpaired) electrons. The van der Waals surface area contributed by atoms with Crippen LogP contribution in [0.1, 0.15) is 30.2 Å². The highest BCUT2D eigenvalue weighted by molar-refractivity contribution is 7.92. The van der Waals surface area contributed by atoms with E-state index in [1.165, 1.54) is 30.6 Å². The van der Waals surface area contributed by atoms with Gasteiger partial charge in [-0.15, -0.1) is 0 Å². The van der Waals surface area contributed by atoms with Crippen molar-refractivity contribution in [3.8, 4) is 0 Å². The highest BCUT2D eigenvalue weighted by atomic mass is 32.2. The van der Waals surface area contributed by atoms with E-state index in [0.29, 0.717) is 36.8 Å². The Morgan fingerprint density at radius 1 is 1.26 bits per heavy atom. The molecule has 3 rings (SSSR count). The molecule has 168 valence electrons. The number of anilines is 1. The number of nitrogens with one attached hydrogen (secondary N) is 1. The van der Waals surface area contributed by atoms with E-state index in [-0.39, 0.29) is 22.0 Å². The van der Waals surface area contributed by atoms with E-state index in [1.54, 1.807) is 32.4 Å². The number of carbonyl (C=O) groups is 1. The molecule has 0 bridgehead atoms. The van der Waals surface area contributed by atoms with Crippen LogP contribution in [0, 0.1) is 0 Å². The largest absolute Gasteiger partial charge is 0.390 e. The number of ether oxygens (including phenoxy) is 2. The van der Waals surface area contributed by atoms with Gasteiger partial charge in [0.15, 0.2) is 20.7 Å². The number of hydrogen-bond acceptors (Lipinski definition) is 9. The molecule has 0 aliphatic heterocycles. The lowest BCUT2D eigenvalue weighted by molar-refractivity contribution is -0.110. The third-order valence-electron chi connectivity index (χ3n) is 4.42. The average Bonchev–Trinajstić information content (AvgIpc) is 3.51. The quantitative estimate of drug-likeness (QED) is 0.399. The van der Waals surface area contributed by atoms with Crippen molar-refractivity contribution in [1.29, 1.82) is 0 Å². The standard InChI is InChI=1S/C20H25N3O6S2/c1-13(11-27-2)29-23-18(19(24)22-20-21-10-15(30-20)12-28-3)14-4-6-16(7-5-14)31(25,26)17-8-9-17/h4-7,10,13,17H,8-9,11-12H2,1-3H3,(H,21,22,24)/b23-18+/t13-/m1/s1.